The van der Waals surface area contributed by atoms with E-state index in [4.69, 9.17) is 38.3 Å². The van der Waals surface area contributed by atoms with Crippen LogP contribution in [0.15, 0.2) is 98.1 Å². The Labute approximate surface area is 488 Å². The highest BCUT2D eigenvalue weighted by molar-refractivity contribution is 5.83. The Morgan fingerprint density at radius 1 is 0.612 bits per heavy atom. The zero-order valence-electron chi connectivity index (χ0n) is 47.7. The number of aliphatic hydroxyl groups is 2. The third-order valence-electron chi connectivity index (χ3n) is 14.3. The molecule has 0 spiro atoms. The number of carbonyl (C=O) groups excluding carboxylic acids is 3. The molecule has 4 aromatic heterocycles. The first-order valence-electron chi connectivity index (χ1n) is 27.8. The molecule has 2 unspecified atom stereocenters. The second-order valence-corrected chi connectivity index (χ2v) is 20.9. The second-order valence-electron chi connectivity index (χ2n) is 20.9. The smallest absolute Gasteiger partial charge is 0.407 e. The van der Waals surface area contributed by atoms with E-state index in [1.165, 1.54) is 47.3 Å². The third-order valence-corrected chi connectivity index (χ3v) is 14.3. The number of aliphatic carboxylic acids is 1. The Kier molecular flexibility index (Phi) is 20.3. The van der Waals surface area contributed by atoms with E-state index in [1.54, 1.807) is 18.0 Å². The van der Waals surface area contributed by atoms with Crippen molar-refractivity contribution in [1.82, 2.24) is 49.7 Å². The number of nitrogens with one attached hydrogen (secondary N) is 4. The average molecular weight is 1180 g/mol. The molecule has 3 aliphatic heterocycles. The number of benzene rings is 3. The van der Waals surface area contributed by atoms with E-state index in [2.05, 4.69) is 92.3 Å². The predicted octanol–water partition coefficient (Wildman–Crippen LogP) is 5.29. The van der Waals surface area contributed by atoms with Crippen molar-refractivity contribution in [2.45, 2.75) is 127 Å². The molecule has 85 heavy (non-hydrogen) atoms. The number of aryl methyl sites for hydroxylation is 3. The number of imidazole rings is 2. The van der Waals surface area contributed by atoms with Gasteiger partial charge in [0.1, 0.15) is 68.2 Å². The number of nitrogens with zero attached hydrogens (tertiary/aromatic N) is 8. The van der Waals surface area contributed by atoms with Crippen molar-refractivity contribution < 1.29 is 72.4 Å². The molecule has 3 fully saturated rings. The molecule has 452 valence electrons. The summed E-state index contributed by atoms with van der Waals surface area (Å²) < 4.78 is 48.2. The highest BCUT2D eigenvalue weighted by Crippen LogP contribution is 2.44. The van der Waals surface area contributed by atoms with Crippen molar-refractivity contribution in [3.05, 3.63) is 126 Å². The number of hydrogen-bond donors (Lipinski definition) is 7. The molecule has 7 aromatic rings. The summed E-state index contributed by atoms with van der Waals surface area (Å²) in [6.07, 6.45) is 0.351. The highest BCUT2D eigenvalue weighted by Gasteiger charge is 2.56. The van der Waals surface area contributed by atoms with E-state index in [9.17, 15) is 29.4 Å². The van der Waals surface area contributed by atoms with E-state index >= 15 is 0 Å². The molecule has 27 heteroatoms. The van der Waals surface area contributed by atoms with Crippen molar-refractivity contribution in [3.8, 4) is 5.75 Å². The zero-order valence-corrected chi connectivity index (χ0v) is 47.7. The highest BCUT2D eigenvalue weighted by atomic mass is 16.8. The van der Waals surface area contributed by atoms with Gasteiger partial charge in [-0.05, 0) is 80.8 Å². The van der Waals surface area contributed by atoms with Gasteiger partial charge in [-0.25, -0.2) is 39.5 Å². The van der Waals surface area contributed by atoms with Crippen molar-refractivity contribution in [1.29, 1.82) is 0 Å². The number of carbonyl (C=O) groups is 4. The van der Waals surface area contributed by atoms with Crippen LogP contribution in [0.3, 0.4) is 0 Å². The number of amides is 2. The van der Waals surface area contributed by atoms with Gasteiger partial charge in [0.05, 0.1) is 26.9 Å². The lowest BCUT2D eigenvalue weighted by molar-refractivity contribution is -0.199. The van der Waals surface area contributed by atoms with Gasteiger partial charge in [0.2, 0.25) is 0 Å². The fourth-order valence-electron chi connectivity index (χ4n) is 9.80. The van der Waals surface area contributed by atoms with Crippen molar-refractivity contribution in [2.75, 3.05) is 51.2 Å². The van der Waals surface area contributed by atoms with Gasteiger partial charge in [-0.15, -0.1) is 0 Å². The minimum atomic E-state index is -1.33. The van der Waals surface area contributed by atoms with Crippen LogP contribution >= 0.6 is 0 Å². The van der Waals surface area contributed by atoms with Crippen LogP contribution in [0.5, 0.6) is 5.75 Å². The number of fused-ring (bicyclic) bond motifs is 3. The van der Waals surface area contributed by atoms with Crippen LogP contribution in [0.1, 0.15) is 79.8 Å². The van der Waals surface area contributed by atoms with Crippen LogP contribution in [0.2, 0.25) is 0 Å². The van der Waals surface area contributed by atoms with Gasteiger partial charge in [0, 0.05) is 39.0 Å². The number of carboxylic acids is 1. The Morgan fingerprint density at radius 2 is 1.11 bits per heavy atom. The maximum Gasteiger partial charge on any atom is 0.407 e. The molecule has 7 heterocycles. The number of anilines is 2. The summed E-state index contributed by atoms with van der Waals surface area (Å²) in [5, 5.41) is 41.4. The molecular formula is C58H70N12O15. The van der Waals surface area contributed by atoms with Crippen LogP contribution in [-0.4, -0.2) is 161 Å². The minimum Gasteiger partial charge on any atom is -0.497 e. The van der Waals surface area contributed by atoms with Crippen LogP contribution in [-0.2, 0) is 68.7 Å². The SMILES string of the molecule is COC(=O)CCCNC(=O)OC[C@H]1O[C@@H](n2cnc3c(NCc4ccc(CCc5ccc(OC)cc5)cc4)ncnc32)[C@H]2OC(C)(C)OC12.Cc1ccc(CNc2ncnc3c2ncn3[C@@H]2O[C@H](COC(=O)NCCCC(=O)O)C(O)[C@@H]2O)cc1. The standard InChI is InChI=1S/C35H42N6O8.C23H28N6O7/c1-35(2)48-29-26(19-46-34(43)36-17-5-6-27(42)45-4)47-33(30(29)49-35)41-21-40-28-31(38-20-39-32(28)41)37-18-24-11-9-22(10-12-24)7-8-23-13-15-25(44-3)16-14-23;1-13-4-6-14(7-5-13)9-25-20-17-21(27-11-26-20)29(12-28-17)22-19(33)18(32)15(36-22)10-35-23(34)24-8-2-3-16(30)31/h9-16,20-21,26,29-30,33H,5-8,17-19H2,1-4H3,(H,36,43)(H,37,38,39);4-7,11-12,15,18-19,22,32-33H,2-3,8-10H2,1H3,(H,24,34)(H,30,31)(H,25,26,27)/t26-,29?,30+,33-;15-,18?,19+,22-/m11/s1. The number of rotatable bonds is 24. The van der Waals surface area contributed by atoms with Crippen LogP contribution in [0.4, 0.5) is 21.2 Å². The predicted molar refractivity (Wildman–Crippen MR) is 304 cm³/mol. The molecule has 3 aromatic carbocycles. The molecule has 0 bridgehead atoms. The summed E-state index contributed by atoms with van der Waals surface area (Å²) in [5.41, 5.74) is 7.88. The molecule has 8 atom stereocenters. The second kappa shape index (κ2) is 28.3. The number of carboxylic acid groups (broad SMARTS) is 1. The summed E-state index contributed by atoms with van der Waals surface area (Å²) in [4.78, 5) is 72.4. The van der Waals surface area contributed by atoms with Gasteiger partial charge in [0.25, 0.3) is 0 Å². The largest absolute Gasteiger partial charge is 0.497 e. The van der Waals surface area contributed by atoms with Crippen LogP contribution in [0, 0.1) is 6.92 Å². The summed E-state index contributed by atoms with van der Waals surface area (Å²) in [5.74, 6) is -0.203. The fourth-order valence-corrected chi connectivity index (χ4v) is 9.80. The topological polar surface area (TPSA) is 338 Å². The van der Waals surface area contributed by atoms with E-state index in [1.807, 2.05) is 57.2 Å². The number of aliphatic hydroxyl groups excluding tert-OH is 2. The van der Waals surface area contributed by atoms with Gasteiger partial charge in [-0.2, -0.15) is 0 Å². The molecule has 3 saturated heterocycles. The lowest BCUT2D eigenvalue weighted by atomic mass is 10.0. The molecule has 0 radical (unpaired) electrons. The lowest BCUT2D eigenvalue weighted by Crippen LogP contribution is -2.36. The van der Waals surface area contributed by atoms with Gasteiger partial charge in [-0.1, -0.05) is 66.2 Å². The molecule has 3 aliphatic rings. The van der Waals surface area contributed by atoms with E-state index < -0.39 is 73.0 Å². The van der Waals surface area contributed by atoms with Crippen LogP contribution in [0.25, 0.3) is 22.3 Å². The Hall–Kier alpha value is -8.60. The number of aromatic nitrogens is 8. The molecule has 2 amide bonds. The van der Waals surface area contributed by atoms with Crippen molar-refractivity contribution in [3.63, 3.8) is 0 Å². The molecule has 0 aliphatic carbocycles. The molecule has 27 nitrogen and oxygen atoms in total. The monoisotopic (exact) mass is 1170 g/mol. The van der Waals surface area contributed by atoms with Gasteiger partial charge < -0.3 is 74.5 Å². The first-order chi connectivity index (χ1) is 41.1. The Bertz CT molecular complexity index is 3370. The zero-order chi connectivity index (χ0) is 60.0. The molecule has 7 N–H and O–H groups in total. The fraction of sp³-hybridized carbons (Fsp3) is 0.448. The molecular weight excluding hydrogens is 1100 g/mol. The first kappa shape index (κ1) is 61.0. The maximum absolute atomic E-state index is 12.3. The normalized spacial score (nSPS) is 21.1. The van der Waals surface area contributed by atoms with Gasteiger partial charge >= 0.3 is 24.1 Å². The maximum atomic E-state index is 12.3. The van der Waals surface area contributed by atoms with E-state index in [-0.39, 0.29) is 51.5 Å². The number of ether oxygens (including phenoxy) is 8. The number of esters is 1. The van der Waals surface area contributed by atoms with Crippen molar-refractivity contribution >= 4 is 58.1 Å². The lowest BCUT2D eigenvalue weighted by Gasteiger charge is -2.24. The average Bonchev–Trinajstić information content (AvgIpc) is 3.32. The minimum absolute atomic E-state index is 0.0609. The molecule has 10 rings (SSSR count). The summed E-state index contributed by atoms with van der Waals surface area (Å²) in [6.45, 7) is 6.79. The Morgan fingerprint density at radius 3 is 1.66 bits per heavy atom. The van der Waals surface area contributed by atoms with Crippen molar-refractivity contribution in [2.24, 2.45) is 0 Å². The number of methoxy groups -OCH3 is 2. The molecule has 0 saturated carbocycles. The first-order valence-corrected chi connectivity index (χ1v) is 27.8. The van der Waals surface area contributed by atoms with Gasteiger partial charge in [-0.3, -0.25) is 18.7 Å². The third kappa shape index (κ3) is 15.8. The van der Waals surface area contributed by atoms with E-state index in [0.717, 1.165) is 29.7 Å². The Balaban J connectivity index is 0.000000214. The summed E-state index contributed by atoms with van der Waals surface area (Å²) >= 11 is 0. The number of alkyl carbamates (subject to hydrolysis) is 2. The van der Waals surface area contributed by atoms with E-state index in [0.29, 0.717) is 53.5 Å². The summed E-state index contributed by atoms with van der Waals surface area (Å²) in [6, 6.07) is 24.8. The van der Waals surface area contributed by atoms with Crippen LogP contribution < -0.4 is 26.0 Å². The quantitative estimate of drug-likeness (QED) is 0.0230. The summed E-state index contributed by atoms with van der Waals surface area (Å²) in [7, 11) is 3.00. The van der Waals surface area contributed by atoms with Gasteiger partial charge in [0.15, 0.2) is 52.2 Å². The number of hydrogen-bond acceptors (Lipinski definition) is 22.